The zero-order valence-electron chi connectivity index (χ0n) is 16.6. The highest BCUT2D eigenvalue weighted by Crippen LogP contribution is 2.31. The number of hydrogen-bond acceptors (Lipinski definition) is 4. The van der Waals surface area contributed by atoms with Crippen molar-refractivity contribution in [2.24, 2.45) is 5.92 Å². The maximum absolute atomic E-state index is 13.3. The number of pyridine rings is 1. The largest absolute Gasteiger partial charge is 0.383 e. The van der Waals surface area contributed by atoms with Crippen LogP contribution in [0.5, 0.6) is 0 Å². The molecule has 1 aromatic carbocycles. The van der Waals surface area contributed by atoms with Gasteiger partial charge in [-0.2, -0.15) is 0 Å². The van der Waals surface area contributed by atoms with Gasteiger partial charge in [-0.05, 0) is 42.6 Å². The molecule has 0 spiro atoms. The Morgan fingerprint density at radius 3 is 2.90 bits per heavy atom. The van der Waals surface area contributed by atoms with Crippen LogP contribution in [-0.4, -0.2) is 48.7 Å². The van der Waals surface area contributed by atoms with E-state index in [-0.39, 0.29) is 17.0 Å². The molecule has 1 fully saturated rings. The highest BCUT2D eigenvalue weighted by Gasteiger charge is 2.32. The van der Waals surface area contributed by atoms with E-state index in [2.05, 4.69) is 5.32 Å². The molecule has 1 aromatic heterocycles. The Balaban J connectivity index is 1.65. The third-order valence-corrected chi connectivity index (χ3v) is 6.28. The maximum Gasteiger partial charge on any atom is 0.263 e. The Morgan fingerprint density at radius 2 is 2.10 bits per heavy atom. The van der Waals surface area contributed by atoms with Crippen molar-refractivity contribution in [2.45, 2.75) is 25.4 Å². The van der Waals surface area contributed by atoms with Crippen molar-refractivity contribution in [3.05, 3.63) is 68.6 Å². The first-order valence-electron chi connectivity index (χ1n) is 10.0. The predicted octanol–water partition coefficient (Wildman–Crippen LogP) is 2.50. The first-order chi connectivity index (χ1) is 14.1. The van der Waals surface area contributed by atoms with E-state index in [0.29, 0.717) is 43.1 Å². The van der Waals surface area contributed by atoms with Gasteiger partial charge in [0.05, 0.1) is 6.61 Å². The molecule has 0 radical (unpaired) electrons. The van der Waals surface area contributed by atoms with Crippen LogP contribution in [0.15, 0.2) is 41.2 Å². The molecule has 2 bridgehead atoms. The molecule has 0 aliphatic carbocycles. The molecule has 1 saturated heterocycles. The molecule has 2 aliphatic heterocycles. The van der Waals surface area contributed by atoms with Crippen LogP contribution in [0.3, 0.4) is 0 Å². The summed E-state index contributed by atoms with van der Waals surface area (Å²) in [5, 5.41) is 4.04. The third kappa shape index (κ3) is 4.10. The Labute approximate surface area is 175 Å². The summed E-state index contributed by atoms with van der Waals surface area (Å²) in [7, 11) is 1.60. The van der Waals surface area contributed by atoms with E-state index in [1.165, 1.54) is 0 Å². The van der Waals surface area contributed by atoms with Gasteiger partial charge in [0.15, 0.2) is 0 Å². The van der Waals surface area contributed by atoms with Gasteiger partial charge in [0.1, 0.15) is 5.56 Å². The van der Waals surface area contributed by atoms with Crippen LogP contribution in [0.1, 0.15) is 34.0 Å². The summed E-state index contributed by atoms with van der Waals surface area (Å²) in [4.78, 5) is 28.2. The Bertz CT molecular complexity index is 959. The second-order valence-electron chi connectivity index (χ2n) is 7.86. The van der Waals surface area contributed by atoms with Crippen molar-refractivity contribution < 1.29 is 9.53 Å². The number of piperidine rings is 1. The summed E-state index contributed by atoms with van der Waals surface area (Å²) in [6.45, 7) is 3.58. The van der Waals surface area contributed by atoms with E-state index in [0.717, 1.165) is 30.8 Å². The Kier molecular flexibility index (Phi) is 6.04. The van der Waals surface area contributed by atoms with Gasteiger partial charge in [0.2, 0.25) is 0 Å². The summed E-state index contributed by atoms with van der Waals surface area (Å²) in [6.07, 6.45) is 1.10. The monoisotopic (exact) mass is 415 g/mol. The van der Waals surface area contributed by atoms with E-state index in [4.69, 9.17) is 16.3 Å². The summed E-state index contributed by atoms with van der Waals surface area (Å²) in [6, 6.07) is 11.1. The average molecular weight is 416 g/mol. The van der Waals surface area contributed by atoms with Crippen LogP contribution >= 0.6 is 11.6 Å². The third-order valence-electron chi connectivity index (χ3n) is 5.91. The molecule has 7 heteroatoms. The molecule has 2 atom stereocenters. The van der Waals surface area contributed by atoms with Gasteiger partial charge in [-0.25, -0.2) is 0 Å². The number of hydrogen-bond donors (Lipinski definition) is 1. The fourth-order valence-corrected chi connectivity index (χ4v) is 4.61. The number of aromatic nitrogens is 1. The number of carbonyl (C=O) groups excluding carboxylic acids is 1. The topological polar surface area (TPSA) is 63.6 Å². The molecule has 0 saturated carbocycles. The number of amides is 1. The van der Waals surface area contributed by atoms with Crippen LogP contribution in [-0.2, 0) is 17.8 Å². The average Bonchev–Trinajstić information content (AvgIpc) is 2.73. The number of rotatable bonds is 6. The first-order valence-corrected chi connectivity index (χ1v) is 10.4. The minimum atomic E-state index is -0.281. The normalized spacial score (nSPS) is 20.2. The number of halogens is 1. The summed E-state index contributed by atoms with van der Waals surface area (Å²) in [5.74, 6) is 0.500. The summed E-state index contributed by atoms with van der Waals surface area (Å²) >= 11 is 6.29. The zero-order valence-corrected chi connectivity index (χ0v) is 17.3. The van der Waals surface area contributed by atoms with E-state index >= 15 is 0 Å². The molecule has 1 amide bonds. The maximum atomic E-state index is 13.3. The van der Waals surface area contributed by atoms with Gasteiger partial charge in [0, 0.05) is 49.9 Å². The van der Waals surface area contributed by atoms with E-state index in [1.807, 2.05) is 28.8 Å². The minimum Gasteiger partial charge on any atom is -0.383 e. The van der Waals surface area contributed by atoms with Crippen LogP contribution in [0, 0.1) is 5.92 Å². The predicted molar refractivity (Wildman–Crippen MR) is 112 cm³/mol. The minimum absolute atomic E-state index is 0.189. The fourth-order valence-electron chi connectivity index (χ4n) is 4.41. The van der Waals surface area contributed by atoms with Crippen LogP contribution in [0.4, 0.5) is 0 Å². The van der Waals surface area contributed by atoms with Crippen molar-refractivity contribution in [3.8, 4) is 0 Å². The first kappa shape index (κ1) is 20.1. The number of carbonyl (C=O) groups is 1. The lowest BCUT2D eigenvalue weighted by Crippen LogP contribution is -2.46. The van der Waals surface area contributed by atoms with Gasteiger partial charge in [-0.15, -0.1) is 0 Å². The number of ether oxygens (including phenoxy) is 1. The number of fused-ring (bicyclic) bond motifs is 4. The second-order valence-corrected chi connectivity index (χ2v) is 8.26. The Hall–Kier alpha value is -2.15. The fraction of sp³-hybridized carbons (Fsp3) is 0.455. The van der Waals surface area contributed by atoms with Crippen molar-refractivity contribution in [1.82, 2.24) is 14.8 Å². The summed E-state index contributed by atoms with van der Waals surface area (Å²) < 4.78 is 7.00. The number of nitrogens with zero attached hydrogens (tertiary/aromatic N) is 2. The number of methoxy groups -OCH3 is 1. The quantitative estimate of drug-likeness (QED) is 0.787. The SMILES string of the molecule is COCCN(Cc1ccccc1Cl)C(=O)c1ccc2n(c1=O)C[C@@H]1CNC[C@H]2C1. The van der Waals surface area contributed by atoms with Gasteiger partial charge in [-0.3, -0.25) is 9.59 Å². The number of nitrogens with one attached hydrogen (secondary N) is 1. The number of benzene rings is 1. The van der Waals surface area contributed by atoms with Gasteiger partial charge in [-0.1, -0.05) is 29.8 Å². The van der Waals surface area contributed by atoms with E-state index < -0.39 is 0 Å². The smallest absolute Gasteiger partial charge is 0.263 e. The molecule has 2 aliphatic rings. The van der Waals surface area contributed by atoms with Crippen LogP contribution < -0.4 is 10.9 Å². The van der Waals surface area contributed by atoms with Crippen LogP contribution in [0.2, 0.25) is 5.02 Å². The molecule has 1 N–H and O–H groups in total. The molecule has 6 nitrogen and oxygen atoms in total. The van der Waals surface area contributed by atoms with Gasteiger partial charge >= 0.3 is 0 Å². The lowest BCUT2D eigenvalue weighted by Gasteiger charge is -2.37. The zero-order chi connectivity index (χ0) is 20.4. The molecule has 29 heavy (non-hydrogen) atoms. The van der Waals surface area contributed by atoms with Crippen molar-refractivity contribution >= 4 is 17.5 Å². The molecule has 3 heterocycles. The van der Waals surface area contributed by atoms with Crippen molar-refractivity contribution in [2.75, 3.05) is 33.4 Å². The van der Waals surface area contributed by atoms with Crippen LogP contribution in [0.25, 0.3) is 0 Å². The lowest BCUT2D eigenvalue weighted by atomic mass is 9.84. The standard InChI is InChI=1S/C22H26ClN3O3/c1-29-9-8-25(14-16-4-2-3-5-19(16)23)21(27)18-6-7-20-17-10-15(11-24-12-17)13-26(20)22(18)28/h2-7,15,17,24H,8-14H2,1H3/t15-,17+/m0/s1. The van der Waals surface area contributed by atoms with E-state index in [9.17, 15) is 9.59 Å². The molecule has 154 valence electrons. The summed E-state index contributed by atoms with van der Waals surface area (Å²) in [5.41, 5.74) is 1.90. The molecular formula is C22H26ClN3O3. The van der Waals surface area contributed by atoms with Crippen molar-refractivity contribution in [3.63, 3.8) is 0 Å². The lowest BCUT2D eigenvalue weighted by molar-refractivity contribution is 0.0677. The molecule has 0 unspecified atom stereocenters. The second kappa shape index (κ2) is 8.69. The Morgan fingerprint density at radius 1 is 1.28 bits per heavy atom. The highest BCUT2D eigenvalue weighted by atomic mass is 35.5. The molecular weight excluding hydrogens is 390 g/mol. The molecule has 2 aromatic rings. The van der Waals surface area contributed by atoms with Gasteiger partial charge < -0.3 is 19.5 Å². The van der Waals surface area contributed by atoms with Crippen molar-refractivity contribution in [1.29, 1.82) is 0 Å². The van der Waals surface area contributed by atoms with E-state index in [1.54, 1.807) is 24.1 Å². The van der Waals surface area contributed by atoms with Gasteiger partial charge in [0.25, 0.3) is 11.5 Å². The molecule has 4 rings (SSSR count). The highest BCUT2D eigenvalue weighted by molar-refractivity contribution is 6.31.